The molecule has 1 aromatic carbocycles. The van der Waals surface area contributed by atoms with Crippen LogP contribution in [0.2, 0.25) is 0 Å². The summed E-state index contributed by atoms with van der Waals surface area (Å²) in [6.07, 6.45) is 5.92. The summed E-state index contributed by atoms with van der Waals surface area (Å²) in [4.78, 5) is 6.37. The van der Waals surface area contributed by atoms with Crippen molar-refractivity contribution in [1.29, 1.82) is 0 Å². The van der Waals surface area contributed by atoms with Crippen molar-refractivity contribution >= 4 is 12.4 Å². The van der Waals surface area contributed by atoms with Gasteiger partial charge in [-0.3, -0.25) is 4.99 Å². The molecule has 86 valence electrons. The standard InChI is InChI=1S/C14H20N2/c1-14(2,3)15-12-16(4)11-10-13-8-6-5-7-9-13/h5-12H,1-4H3/b11-10+,15-12?. The Morgan fingerprint density at radius 3 is 2.31 bits per heavy atom. The van der Waals surface area contributed by atoms with Crippen LogP contribution >= 0.6 is 0 Å². The lowest BCUT2D eigenvalue weighted by atomic mass is 10.1. The first kappa shape index (κ1) is 12.5. The highest BCUT2D eigenvalue weighted by Crippen LogP contribution is 2.05. The highest BCUT2D eigenvalue weighted by Gasteiger charge is 2.04. The molecule has 0 bridgehead atoms. The molecule has 0 aliphatic rings. The fraction of sp³-hybridized carbons (Fsp3) is 0.357. The Labute approximate surface area is 98.3 Å². The first-order valence-corrected chi connectivity index (χ1v) is 5.48. The van der Waals surface area contributed by atoms with Gasteiger partial charge in [-0.25, -0.2) is 0 Å². The molecule has 0 radical (unpaired) electrons. The summed E-state index contributed by atoms with van der Waals surface area (Å²) in [5.41, 5.74) is 1.17. The summed E-state index contributed by atoms with van der Waals surface area (Å²) >= 11 is 0. The highest BCUT2D eigenvalue weighted by atomic mass is 15.1. The van der Waals surface area contributed by atoms with Crippen LogP contribution < -0.4 is 0 Å². The second-order valence-corrected chi connectivity index (χ2v) is 4.81. The van der Waals surface area contributed by atoms with E-state index in [1.807, 2.05) is 42.7 Å². The molecule has 0 unspecified atom stereocenters. The molecule has 0 amide bonds. The zero-order valence-electron chi connectivity index (χ0n) is 10.5. The topological polar surface area (TPSA) is 15.6 Å². The number of aliphatic imine (C=N–C) groups is 1. The molecule has 2 heteroatoms. The third kappa shape index (κ3) is 5.35. The Morgan fingerprint density at radius 1 is 1.12 bits per heavy atom. The highest BCUT2D eigenvalue weighted by molar-refractivity contribution is 5.60. The van der Waals surface area contributed by atoms with E-state index in [9.17, 15) is 0 Å². The van der Waals surface area contributed by atoms with Crippen LogP contribution in [0, 0.1) is 0 Å². The van der Waals surface area contributed by atoms with Gasteiger partial charge in [0.2, 0.25) is 0 Å². The molecule has 0 saturated heterocycles. The molecule has 0 N–H and O–H groups in total. The van der Waals surface area contributed by atoms with Gasteiger partial charge in [-0.15, -0.1) is 0 Å². The van der Waals surface area contributed by atoms with E-state index in [0.29, 0.717) is 0 Å². The van der Waals surface area contributed by atoms with Crippen LogP contribution in [-0.4, -0.2) is 23.8 Å². The van der Waals surface area contributed by atoms with Crippen LogP contribution in [0.5, 0.6) is 0 Å². The number of hydrogen-bond donors (Lipinski definition) is 0. The van der Waals surface area contributed by atoms with E-state index in [0.717, 1.165) is 0 Å². The molecule has 0 aromatic heterocycles. The normalized spacial score (nSPS) is 12.5. The second-order valence-electron chi connectivity index (χ2n) is 4.81. The summed E-state index contributed by atoms with van der Waals surface area (Å²) in [5, 5.41) is 0. The molecular formula is C14H20N2. The molecule has 1 rings (SSSR count). The molecule has 1 aromatic rings. The van der Waals surface area contributed by atoms with Gasteiger partial charge >= 0.3 is 0 Å². The molecule has 0 heterocycles. The summed E-state index contributed by atoms with van der Waals surface area (Å²) < 4.78 is 0. The average molecular weight is 216 g/mol. The zero-order valence-corrected chi connectivity index (χ0v) is 10.5. The SMILES string of the molecule is CN(C=NC(C)(C)C)/C=C/c1ccccc1. The number of rotatable bonds is 3. The summed E-state index contributed by atoms with van der Waals surface area (Å²) in [6.45, 7) is 6.24. The van der Waals surface area contributed by atoms with Gasteiger partial charge in [0, 0.05) is 13.2 Å². The molecule has 0 aliphatic heterocycles. The fourth-order valence-electron chi connectivity index (χ4n) is 1.07. The molecule has 0 aliphatic carbocycles. The van der Waals surface area contributed by atoms with Crippen LogP contribution in [-0.2, 0) is 0 Å². The Bertz CT molecular complexity index is 358. The van der Waals surface area contributed by atoms with Gasteiger partial charge in [-0.05, 0) is 32.4 Å². The van der Waals surface area contributed by atoms with Crippen LogP contribution in [0.25, 0.3) is 6.08 Å². The quantitative estimate of drug-likeness (QED) is 0.558. The first-order valence-electron chi connectivity index (χ1n) is 5.48. The minimum absolute atomic E-state index is 0.0190. The van der Waals surface area contributed by atoms with Gasteiger partial charge in [0.25, 0.3) is 0 Å². The van der Waals surface area contributed by atoms with E-state index in [1.54, 1.807) is 0 Å². The Kier molecular flexibility index (Phi) is 4.29. The number of benzene rings is 1. The summed E-state index contributed by atoms with van der Waals surface area (Å²) in [5.74, 6) is 0. The predicted octanol–water partition coefficient (Wildman–Crippen LogP) is 3.42. The Hall–Kier alpha value is -1.57. The molecule has 16 heavy (non-hydrogen) atoms. The van der Waals surface area contributed by atoms with E-state index in [2.05, 4.69) is 44.0 Å². The minimum atomic E-state index is -0.0190. The van der Waals surface area contributed by atoms with Crippen molar-refractivity contribution < 1.29 is 0 Å². The maximum absolute atomic E-state index is 4.42. The van der Waals surface area contributed by atoms with Crippen molar-refractivity contribution in [3.05, 3.63) is 42.1 Å². The van der Waals surface area contributed by atoms with Gasteiger partial charge in [0.1, 0.15) is 0 Å². The van der Waals surface area contributed by atoms with Crippen LogP contribution in [0.1, 0.15) is 26.3 Å². The lowest BCUT2D eigenvalue weighted by Crippen LogP contribution is -2.15. The van der Waals surface area contributed by atoms with Gasteiger partial charge in [-0.2, -0.15) is 0 Å². The third-order valence-corrected chi connectivity index (χ3v) is 1.93. The van der Waals surface area contributed by atoms with Gasteiger partial charge in [-0.1, -0.05) is 30.3 Å². The van der Waals surface area contributed by atoms with Crippen LogP contribution in [0.3, 0.4) is 0 Å². The van der Waals surface area contributed by atoms with Gasteiger partial charge < -0.3 is 4.90 Å². The maximum Gasteiger partial charge on any atom is 0.0893 e. The monoisotopic (exact) mass is 216 g/mol. The second kappa shape index (κ2) is 5.50. The van der Waals surface area contributed by atoms with Crippen molar-refractivity contribution in [2.24, 2.45) is 4.99 Å². The molecule has 0 saturated carbocycles. The summed E-state index contributed by atoms with van der Waals surface area (Å²) in [7, 11) is 1.98. The van der Waals surface area contributed by atoms with Gasteiger partial charge in [0.05, 0.1) is 11.9 Å². The van der Waals surface area contributed by atoms with E-state index in [-0.39, 0.29) is 5.54 Å². The summed E-state index contributed by atoms with van der Waals surface area (Å²) in [6, 6.07) is 10.2. The zero-order chi connectivity index (χ0) is 12.0. The largest absolute Gasteiger partial charge is 0.342 e. The molecule has 0 fully saturated rings. The van der Waals surface area contributed by atoms with Crippen molar-refractivity contribution in [2.45, 2.75) is 26.3 Å². The van der Waals surface area contributed by atoms with Crippen LogP contribution in [0.4, 0.5) is 0 Å². The first-order chi connectivity index (χ1) is 7.47. The molecule has 0 atom stereocenters. The molecular weight excluding hydrogens is 196 g/mol. The Balaban J connectivity index is 2.55. The lowest BCUT2D eigenvalue weighted by Gasteiger charge is -2.13. The average Bonchev–Trinajstić information content (AvgIpc) is 2.24. The Morgan fingerprint density at radius 2 is 1.75 bits per heavy atom. The molecule has 0 spiro atoms. The minimum Gasteiger partial charge on any atom is -0.342 e. The smallest absolute Gasteiger partial charge is 0.0893 e. The van der Waals surface area contributed by atoms with E-state index >= 15 is 0 Å². The van der Waals surface area contributed by atoms with Crippen LogP contribution in [0.15, 0.2) is 41.5 Å². The number of hydrogen-bond acceptors (Lipinski definition) is 1. The van der Waals surface area contributed by atoms with E-state index in [1.165, 1.54) is 5.56 Å². The fourth-order valence-corrected chi connectivity index (χ4v) is 1.07. The predicted molar refractivity (Wildman–Crippen MR) is 71.5 cm³/mol. The maximum atomic E-state index is 4.42. The van der Waals surface area contributed by atoms with Crippen molar-refractivity contribution in [1.82, 2.24) is 4.90 Å². The van der Waals surface area contributed by atoms with E-state index in [4.69, 9.17) is 0 Å². The third-order valence-electron chi connectivity index (χ3n) is 1.93. The van der Waals surface area contributed by atoms with Crippen molar-refractivity contribution in [2.75, 3.05) is 7.05 Å². The van der Waals surface area contributed by atoms with Gasteiger partial charge in [0.15, 0.2) is 0 Å². The van der Waals surface area contributed by atoms with E-state index < -0.39 is 0 Å². The van der Waals surface area contributed by atoms with Crippen molar-refractivity contribution in [3.8, 4) is 0 Å². The van der Waals surface area contributed by atoms with Crippen molar-refractivity contribution in [3.63, 3.8) is 0 Å². The lowest BCUT2D eigenvalue weighted by molar-refractivity contribution is 0.570. The number of nitrogens with zero attached hydrogens (tertiary/aromatic N) is 2. The molecule has 2 nitrogen and oxygen atoms in total.